The van der Waals surface area contributed by atoms with E-state index in [-0.39, 0.29) is 11.9 Å². The summed E-state index contributed by atoms with van der Waals surface area (Å²) in [4.78, 5) is 18.7. The fourth-order valence-electron chi connectivity index (χ4n) is 2.19. The van der Waals surface area contributed by atoms with E-state index < -0.39 is 0 Å². The molecule has 106 valence electrons. The summed E-state index contributed by atoms with van der Waals surface area (Å²) in [6, 6.07) is -0.0415. The molecule has 5 nitrogen and oxygen atoms in total. The maximum absolute atomic E-state index is 12.0. The molecule has 1 fully saturated rings. The van der Waals surface area contributed by atoms with Crippen molar-refractivity contribution in [3.63, 3.8) is 0 Å². The molecule has 2 rings (SSSR count). The van der Waals surface area contributed by atoms with Crippen LogP contribution < -0.4 is 10.6 Å². The summed E-state index contributed by atoms with van der Waals surface area (Å²) in [5.41, 5.74) is 1.06. The molecule has 1 amide bonds. The Kier molecular flexibility index (Phi) is 5.30. The summed E-state index contributed by atoms with van der Waals surface area (Å²) in [5, 5.41) is 9.43. The third kappa shape index (κ3) is 4.26. The van der Waals surface area contributed by atoms with Crippen LogP contribution in [0.5, 0.6) is 0 Å². The molecule has 0 spiro atoms. The average molecular weight is 282 g/mol. The minimum Gasteiger partial charge on any atom is -0.354 e. The third-order valence-corrected chi connectivity index (χ3v) is 4.41. The minimum absolute atomic E-state index is 0.0415. The second-order valence-electron chi connectivity index (χ2n) is 4.89. The number of rotatable bonds is 5. The molecular formula is C13H22N4OS. The molecule has 1 aliphatic rings. The van der Waals surface area contributed by atoms with Gasteiger partial charge in [-0.2, -0.15) is 0 Å². The molecule has 0 aliphatic carbocycles. The van der Waals surface area contributed by atoms with E-state index in [1.165, 1.54) is 0 Å². The van der Waals surface area contributed by atoms with Gasteiger partial charge in [0.2, 0.25) is 5.91 Å². The smallest absolute Gasteiger partial charge is 0.237 e. The number of carbonyl (C=O) groups excluding carboxylic acids is 1. The fourth-order valence-corrected chi connectivity index (χ4v) is 2.97. The third-order valence-electron chi connectivity index (χ3n) is 3.38. The lowest BCUT2D eigenvalue weighted by Gasteiger charge is -2.31. The number of aryl methyl sites for hydroxylation is 1. The Labute approximate surface area is 118 Å². The molecule has 2 heterocycles. The Morgan fingerprint density at radius 2 is 2.32 bits per heavy atom. The Hall–Kier alpha value is -0.980. The van der Waals surface area contributed by atoms with Gasteiger partial charge in [-0.15, -0.1) is 11.3 Å². The lowest BCUT2D eigenvalue weighted by molar-refractivity contribution is -0.126. The molecule has 1 unspecified atom stereocenters. The van der Waals surface area contributed by atoms with Crippen LogP contribution in [-0.2, 0) is 11.2 Å². The first-order valence-corrected chi connectivity index (χ1v) is 7.68. The van der Waals surface area contributed by atoms with Crippen LogP contribution in [0.3, 0.4) is 0 Å². The van der Waals surface area contributed by atoms with Crippen molar-refractivity contribution in [1.29, 1.82) is 0 Å². The quantitative estimate of drug-likeness (QED) is 0.821. The number of thiazole rings is 1. The zero-order chi connectivity index (χ0) is 13.7. The van der Waals surface area contributed by atoms with Crippen molar-refractivity contribution in [2.75, 3.05) is 32.7 Å². The van der Waals surface area contributed by atoms with Gasteiger partial charge in [0, 0.05) is 50.2 Å². The SMILES string of the molecule is Cc1csc(CCNC(=O)C(C)N2CCNCC2)n1. The van der Waals surface area contributed by atoms with Gasteiger partial charge in [0.15, 0.2) is 0 Å². The standard InChI is InChI=1S/C13H22N4OS/c1-10-9-19-12(16-10)3-4-15-13(18)11(2)17-7-5-14-6-8-17/h9,11,14H,3-8H2,1-2H3,(H,15,18). The lowest BCUT2D eigenvalue weighted by Crippen LogP contribution is -2.52. The maximum atomic E-state index is 12.0. The van der Waals surface area contributed by atoms with Gasteiger partial charge < -0.3 is 10.6 Å². The zero-order valence-electron chi connectivity index (χ0n) is 11.6. The fraction of sp³-hybridized carbons (Fsp3) is 0.692. The van der Waals surface area contributed by atoms with Crippen LogP contribution in [0.2, 0.25) is 0 Å². The first-order valence-electron chi connectivity index (χ1n) is 6.80. The minimum atomic E-state index is -0.0415. The van der Waals surface area contributed by atoms with Gasteiger partial charge in [-0.05, 0) is 13.8 Å². The molecule has 0 bridgehead atoms. The summed E-state index contributed by atoms with van der Waals surface area (Å²) in [7, 11) is 0. The maximum Gasteiger partial charge on any atom is 0.237 e. The number of carbonyl (C=O) groups is 1. The van der Waals surface area contributed by atoms with Gasteiger partial charge in [-0.3, -0.25) is 9.69 Å². The number of piperazine rings is 1. The molecule has 1 aromatic rings. The highest BCUT2D eigenvalue weighted by atomic mass is 32.1. The van der Waals surface area contributed by atoms with Crippen LogP contribution in [0.4, 0.5) is 0 Å². The highest BCUT2D eigenvalue weighted by Crippen LogP contribution is 2.08. The molecule has 0 radical (unpaired) electrons. The van der Waals surface area contributed by atoms with Crippen LogP contribution in [0.15, 0.2) is 5.38 Å². The largest absolute Gasteiger partial charge is 0.354 e. The Morgan fingerprint density at radius 3 is 2.95 bits per heavy atom. The van der Waals surface area contributed by atoms with E-state index in [2.05, 4.69) is 20.5 Å². The first kappa shape index (κ1) is 14.4. The second-order valence-corrected chi connectivity index (χ2v) is 5.83. The number of aromatic nitrogens is 1. The van der Waals surface area contributed by atoms with Gasteiger partial charge in [0.25, 0.3) is 0 Å². The van der Waals surface area contributed by atoms with Crippen molar-refractivity contribution in [3.8, 4) is 0 Å². The first-order chi connectivity index (χ1) is 9.16. The molecule has 0 saturated carbocycles. The molecule has 1 aliphatic heterocycles. The van der Waals surface area contributed by atoms with Gasteiger partial charge in [0.05, 0.1) is 11.0 Å². The van der Waals surface area contributed by atoms with E-state index in [0.29, 0.717) is 6.54 Å². The van der Waals surface area contributed by atoms with Crippen molar-refractivity contribution in [3.05, 3.63) is 16.1 Å². The summed E-state index contributed by atoms with van der Waals surface area (Å²) in [6.07, 6.45) is 0.818. The van der Waals surface area contributed by atoms with Crippen LogP contribution >= 0.6 is 11.3 Å². The number of hydrogen-bond acceptors (Lipinski definition) is 5. The van der Waals surface area contributed by atoms with Crippen molar-refractivity contribution < 1.29 is 4.79 Å². The van der Waals surface area contributed by atoms with Gasteiger partial charge in [0.1, 0.15) is 0 Å². The molecular weight excluding hydrogens is 260 g/mol. The van der Waals surface area contributed by atoms with E-state index in [0.717, 1.165) is 43.3 Å². The average Bonchev–Trinajstić information content (AvgIpc) is 2.84. The Morgan fingerprint density at radius 1 is 1.58 bits per heavy atom. The van der Waals surface area contributed by atoms with Crippen molar-refractivity contribution in [1.82, 2.24) is 20.5 Å². The zero-order valence-corrected chi connectivity index (χ0v) is 12.4. The summed E-state index contributed by atoms with van der Waals surface area (Å²) in [6.45, 7) is 8.47. The molecule has 1 aromatic heterocycles. The van der Waals surface area contributed by atoms with Crippen LogP contribution in [0, 0.1) is 6.92 Å². The highest BCUT2D eigenvalue weighted by Gasteiger charge is 2.22. The van der Waals surface area contributed by atoms with E-state index in [4.69, 9.17) is 0 Å². The van der Waals surface area contributed by atoms with Crippen molar-refractivity contribution >= 4 is 17.2 Å². The predicted molar refractivity (Wildman–Crippen MR) is 77.5 cm³/mol. The van der Waals surface area contributed by atoms with Crippen LogP contribution in [0.25, 0.3) is 0 Å². The number of nitrogens with one attached hydrogen (secondary N) is 2. The lowest BCUT2D eigenvalue weighted by atomic mass is 10.2. The molecule has 6 heteroatoms. The summed E-state index contributed by atoms with van der Waals surface area (Å²) >= 11 is 1.66. The number of hydrogen-bond donors (Lipinski definition) is 2. The summed E-state index contributed by atoms with van der Waals surface area (Å²) < 4.78 is 0. The van der Waals surface area contributed by atoms with E-state index >= 15 is 0 Å². The van der Waals surface area contributed by atoms with E-state index in [1.54, 1.807) is 11.3 Å². The van der Waals surface area contributed by atoms with E-state index in [1.807, 2.05) is 19.2 Å². The highest BCUT2D eigenvalue weighted by molar-refractivity contribution is 7.09. The van der Waals surface area contributed by atoms with Crippen LogP contribution in [-0.4, -0.2) is 54.6 Å². The van der Waals surface area contributed by atoms with Crippen LogP contribution in [0.1, 0.15) is 17.6 Å². The van der Waals surface area contributed by atoms with Crippen molar-refractivity contribution in [2.45, 2.75) is 26.3 Å². The number of nitrogens with zero attached hydrogens (tertiary/aromatic N) is 2. The van der Waals surface area contributed by atoms with Gasteiger partial charge >= 0.3 is 0 Å². The molecule has 19 heavy (non-hydrogen) atoms. The molecule has 2 N–H and O–H groups in total. The molecule has 0 aromatic carbocycles. The van der Waals surface area contributed by atoms with Gasteiger partial charge in [-0.25, -0.2) is 4.98 Å². The molecule has 1 atom stereocenters. The predicted octanol–water partition coefficient (Wildman–Crippen LogP) is 0.404. The number of amides is 1. The topological polar surface area (TPSA) is 57.3 Å². The Balaban J connectivity index is 1.71. The van der Waals surface area contributed by atoms with E-state index in [9.17, 15) is 4.79 Å². The monoisotopic (exact) mass is 282 g/mol. The normalized spacial score (nSPS) is 18.2. The molecule has 1 saturated heterocycles. The second kappa shape index (κ2) is 6.98. The Bertz CT molecular complexity index is 415. The van der Waals surface area contributed by atoms with Crippen molar-refractivity contribution in [2.24, 2.45) is 0 Å². The van der Waals surface area contributed by atoms with Gasteiger partial charge in [-0.1, -0.05) is 0 Å². The summed E-state index contributed by atoms with van der Waals surface area (Å²) in [5.74, 6) is 0.121.